The summed E-state index contributed by atoms with van der Waals surface area (Å²) in [4.78, 5) is 26.0. The standard InChI is InChI=1S/C16H22N2O3/c1-11-4-6-12(7-5-11)15-13(10-14(19)18(15)2)16(20)17-8-9-21-3/h4-7,13,15H,8-10H2,1-3H3,(H,17,20). The largest absolute Gasteiger partial charge is 0.383 e. The maximum Gasteiger partial charge on any atom is 0.226 e. The summed E-state index contributed by atoms with van der Waals surface area (Å²) in [6, 6.07) is 7.80. The quantitative estimate of drug-likeness (QED) is 0.831. The summed E-state index contributed by atoms with van der Waals surface area (Å²) in [6.07, 6.45) is 0.258. The molecule has 1 saturated heterocycles. The highest BCUT2D eigenvalue weighted by Gasteiger charge is 2.42. The average Bonchev–Trinajstić information content (AvgIpc) is 2.76. The molecule has 1 fully saturated rings. The fourth-order valence-electron chi connectivity index (χ4n) is 2.73. The van der Waals surface area contributed by atoms with Gasteiger partial charge < -0.3 is 15.0 Å². The maximum absolute atomic E-state index is 12.3. The molecule has 0 radical (unpaired) electrons. The number of carbonyl (C=O) groups excluding carboxylic acids is 2. The first-order chi connectivity index (χ1) is 10.0. The van der Waals surface area contributed by atoms with Crippen LogP contribution < -0.4 is 5.32 Å². The molecule has 2 unspecified atom stereocenters. The van der Waals surface area contributed by atoms with Gasteiger partial charge in [-0.3, -0.25) is 9.59 Å². The highest BCUT2D eigenvalue weighted by atomic mass is 16.5. The third kappa shape index (κ3) is 3.42. The van der Waals surface area contributed by atoms with Crippen LogP contribution in [0.2, 0.25) is 0 Å². The van der Waals surface area contributed by atoms with Crippen molar-refractivity contribution < 1.29 is 14.3 Å². The van der Waals surface area contributed by atoms with E-state index in [1.807, 2.05) is 31.2 Å². The van der Waals surface area contributed by atoms with Gasteiger partial charge in [-0.25, -0.2) is 0 Å². The fourth-order valence-corrected chi connectivity index (χ4v) is 2.73. The number of nitrogens with one attached hydrogen (secondary N) is 1. The van der Waals surface area contributed by atoms with E-state index in [9.17, 15) is 9.59 Å². The van der Waals surface area contributed by atoms with Crippen molar-refractivity contribution >= 4 is 11.8 Å². The number of hydrogen-bond donors (Lipinski definition) is 1. The van der Waals surface area contributed by atoms with Gasteiger partial charge in [-0.05, 0) is 12.5 Å². The number of hydrogen-bond acceptors (Lipinski definition) is 3. The lowest BCUT2D eigenvalue weighted by atomic mass is 9.92. The second kappa shape index (κ2) is 6.72. The van der Waals surface area contributed by atoms with Crippen molar-refractivity contribution in [3.63, 3.8) is 0 Å². The monoisotopic (exact) mass is 290 g/mol. The molecular formula is C16H22N2O3. The average molecular weight is 290 g/mol. The van der Waals surface area contributed by atoms with Crippen molar-refractivity contribution in [3.8, 4) is 0 Å². The second-order valence-electron chi connectivity index (χ2n) is 5.45. The van der Waals surface area contributed by atoms with Gasteiger partial charge in [0, 0.05) is 27.1 Å². The molecule has 2 amide bonds. The molecule has 1 aliphatic heterocycles. The zero-order valence-corrected chi connectivity index (χ0v) is 12.8. The molecule has 5 nitrogen and oxygen atoms in total. The van der Waals surface area contributed by atoms with Crippen LogP contribution in [0.15, 0.2) is 24.3 Å². The number of rotatable bonds is 5. The molecule has 0 saturated carbocycles. The molecule has 1 aromatic rings. The first kappa shape index (κ1) is 15.5. The Balaban J connectivity index is 2.16. The molecule has 0 bridgehead atoms. The second-order valence-corrected chi connectivity index (χ2v) is 5.45. The van der Waals surface area contributed by atoms with Crippen molar-refractivity contribution in [2.45, 2.75) is 19.4 Å². The number of methoxy groups -OCH3 is 1. The minimum absolute atomic E-state index is 0.00691. The number of ether oxygens (including phenoxy) is 1. The van der Waals surface area contributed by atoms with Crippen LogP contribution in [0, 0.1) is 12.8 Å². The van der Waals surface area contributed by atoms with Gasteiger partial charge in [0.25, 0.3) is 0 Å². The lowest BCUT2D eigenvalue weighted by Crippen LogP contribution is -2.36. The van der Waals surface area contributed by atoms with Gasteiger partial charge in [-0.1, -0.05) is 29.8 Å². The highest BCUT2D eigenvalue weighted by molar-refractivity contribution is 5.90. The molecule has 1 aromatic carbocycles. The SMILES string of the molecule is COCCNC(=O)C1CC(=O)N(C)C1c1ccc(C)cc1. The van der Waals surface area contributed by atoms with Crippen LogP contribution in [0.5, 0.6) is 0 Å². The summed E-state index contributed by atoms with van der Waals surface area (Å²) in [5, 5.41) is 2.83. The van der Waals surface area contributed by atoms with Gasteiger partial charge in [-0.2, -0.15) is 0 Å². The molecule has 1 aliphatic rings. The molecular weight excluding hydrogens is 268 g/mol. The summed E-state index contributed by atoms with van der Waals surface area (Å²) in [7, 11) is 3.35. The minimum atomic E-state index is -0.345. The van der Waals surface area contributed by atoms with Crippen LogP contribution in [0.1, 0.15) is 23.6 Å². The topological polar surface area (TPSA) is 58.6 Å². The summed E-state index contributed by atoms with van der Waals surface area (Å²) >= 11 is 0. The molecule has 5 heteroatoms. The molecule has 114 valence electrons. The normalized spacial score (nSPS) is 21.7. The molecule has 0 aromatic heterocycles. The van der Waals surface area contributed by atoms with Crippen molar-refractivity contribution in [1.29, 1.82) is 0 Å². The van der Waals surface area contributed by atoms with Crippen molar-refractivity contribution in [2.75, 3.05) is 27.3 Å². The summed E-state index contributed by atoms with van der Waals surface area (Å²) in [5.74, 6) is -0.426. The van der Waals surface area contributed by atoms with Crippen LogP contribution in [0.4, 0.5) is 0 Å². The predicted octanol–water partition coefficient (Wildman–Crippen LogP) is 1.28. The Kier molecular flexibility index (Phi) is 4.96. The van der Waals surface area contributed by atoms with E-state index in [-0.39, 0.29) is 30.2 Å². The van der Waals surface area contributed by atoms with Crippen LogP contribution in [-0.2, 0) is 14.3 Å². The molecule has 2 atom stereocenters. The van der Waals surface area contributed by atoms with Crippen molar-refractivity contribution in [2.24, 2.45) is 5.92 Å². The van der Waals surface area contributed by atoms with Gasteiger partial charge in [0.15, 0.2) is 0 Å². The lowest BCUT2D eigenvalue weighted by Gasteiger charge is -2.25. The third-order valence-corrected chi connectivity index (χ3v) is 3.95. The zero-order valence-electron chi connectivity index (χ0n) is 12.8. The number of nitrogens with zero attached hydrogens (tertiary/aromatic N) is 1. The minimum Gasteiger partial charge on any atom is -0.383 e. The molecule has 0 aliphatic carbocycles. The number of benzene rings is 1. The van der Waals surface area contributed by atoms with Gasteiger partial charge in [0.05, 0.1) is 18.6 Å². The molecule has 0 spiro atoms. The summed E-state index contributed by atoms with van der Waals surface area (Å²) in [5.41, 5.74) is 2.16. The van der Waals surface area contributed by atoms with Gasteiger partial charge >= 0.3 is 0 Å². The summed E-state index contributed by atoms with van der Waals surface area (Å²) in [6.45, 7) is 2.95. The highest BCUT2D eigenvalue weighted by Crippen LogP contribution is 2.37. The van der Waals surface area contributed by atoms with Gasteiger partial charge in [0.1, 0.15) is 0 Å². The van der Waals surface area contributed by atoms with E-state index in [0.29, 0.717) is 13.2 Å². The van der Waals surface area contributed by atoms with E-state index in [1.165, 1.54) is 0 Å². The van der Waals surface area contributed by atoms with Crippen molar-refractivity contribution in [1.82, 2.24) is 10.2 Å². The van der Waals surface area contributed by atoms with E-state index in [0.717, 1.165) is 11.1 Å². The number of aryl methyl sites for hydroxylation is 1. The summed E-state index contributed by atoms with van der Waals surface area (Å²) < 4.78 is 4.93. The maximum atomic E-state index is 12.3. The first-order valence-electron chi connectivity index (χ1n) is 7.13. The van der Waals surface area contributed by atoms with Crippen LogP contribution >= 0.6 is 0 Å². The first-order valence-corrected chi connectivity index (χ1v) is 7.13. The Morgan fingerprint density at radius 3 is 2.67 bits per heavy atom. The van der Waals surface area contributed by atoms with E-state index < -0.39 is 0 Å². The predicted molar refractivity (Wildman–Crippen MR) is 79.7 cm³/mol. The van der Waals surface area contributed by atoms with Crippen LogP contribution in [-0.4, -0.2) is 44.0 Å². The van der Waals surface area contributed by atoms with Crippen LogP contribution in [0.25, 0.3) is 0 Å². The number of carbonyl (C=O) groups is 2. The lowest BCUT2D eigenvalue weighted by molar-refractivity contribution is -0.128. The Hall–Kier alpha value is -1.88. The molecule has 1 heterocycles. The van der Waals surface area contributed by atoms with E-state index >= 15 is 0 Å². The number of amides is 2. The Bertz CT molecular complexity index is 513. The van der Waals surface area contributed by atoms with E-state index in [2.05, 4.69) is 5.32 Å². The molecule has 2 rings (SSSR count). The Morgan fingerprint density at radius 1 is 1.38 bits per heavy atom. The van der Waals surface area contributed by atoms with E-state index in [1.54, 1.807) is 19.1 Å². The number of likely N-dealkylation sites (tertiary alicyclic amines) is 1. The Morgan fingerprint density at radius 2 is 2.05 bits per heavy atom. The molecule has 1 N–H and O–H groups in total. The molecule has 21 heavy (non-hydrogen) atoms. The van der Waals surface area contributed by atoms with Crippen molar-refractivity contribution in [3.05, 3.63) is 35.4 Å². The van der Waals surface area contributed by atoms with Crippen LogP contribution in [0.3, 0.4) is 0 Å². The zero-order chi connectivity index (χ0) is 15.4. The smallest absolute Gasteiger partial charge is 0.226 e. The van der Waals surface area contributed by atoms with Gasteiger partial charge in [-0.15, -0.1) is 0 Å². The van der Waals surface area contributed by atoms with Gasteiger partial charge in [0.2, 0.25) is 11.8 Å². The fraction of sp³-hybridized carbons (Fsp3) is 0.500. The third-order valence-electron chi connectivity index (χ3n) is 3.95. The van der Waals surface area contributed by atoms with E-state index in [4.69, 9.17) is 4.74 Å². The Labute approximate surface area is 125 Å².